The zero-order valence-electron chi connectivity index (χ0n) is 15.9. The Morgan fingerprint density at radius 2 is 1.97 bits per heavy atom. The van der Waals surface area contributed by atoms with Crippen LogP contribution in [-0.4, -0.2) is 29.0 Å². The fraction of sp³-hybridized carbons (Fsp3) is 0.211. The standard InChI is InChI=1S/C19H15ClF3N3O4S/c1-28-12-3-2-4-13(8-12)29-9-17-25-26-18(30-17)31-10-16(27)24-15-7-11(19(21,22)23)5-6-14(15)20/h2-8H,9-10H2,1H3,(H,24,27). The highest BCUT2D eigenvalue weighted by molar-refractivity contribution is 7.99. The van der Waals surface area contributed by atoms with Crippen molar-refractivity contribution in [2.45, 2.75) is 18.0 Å². The van der Waals surface area contributed by atoms with E-state index < -0.39 is 17.6 Å². The van der Waals surface area contributed by atoms with Crippen molar-refractivity contribution in [1.82, 2.24) is 10.2 Å². The fourth-order valence-corrected chi connectivity index (χ4v) is 3.05. The minimum atomic E-state index is -4.55. The van der Waals surface area contributed by atoms with Gasteiger partial charge in [0.05, 0.1) is 29.1 Å². The predicted octanol–water partition coefficient (Wildman–Crippen LogP) is 5.06. The Bertz CT molecular complexity index is 1060. The molecule has 0 aliphatic rings. The number of rotatable bonds is 8. The highest BCUT2D eigenvalue weighted by Crippen LogP contribution is 2.34. The van der Waals surface area contributed by atoms with Crippen LogP contribution in [0.5, 0.6) is 11.5 Å². The molecule has 0 bridgehead atoms. The van der Waals surface area contributed by atoms with Crippen LogP contribution < -0.4 is 14.8 Å². The minimum absolute atomic E-state index is 0.00671. The summed E-state index contributed by atoms with van der Waals surface area (Å²) in [6.45, 7) is 0.00671. The van der Waals surface area contributed by atoms with E-state index in [1.807, 2.05) is 0 Å². The maximum Gasteiger partial charge on any atom is 0.416 e. The second kappa shape index (κ2) is 9.92. The molecule has 1 N–H and O–H groups in total. The first kappa shape index (κ1) is 22.8. The summed E-state index contributed by atoms with van der Waals surface area (Å²) >= 11 is 6.78. The van der Waals surface area contributed by atoms with E-state index in [4.69, 9.17) is 25.5 Å². The lowest BCUT2D eigenvalue weighted by molar-refractivity contribution is -0.137. The monoisotopic (exact) mass is 473 g/mol. The van der Waals surface area contributed by atoms with E-state index in [2.05, 4.69) is 15.5 Å². The van der Waals surface area contributed by atoms with E-state index >= 15 is 0 Å². The van der Waals surface area contributed by atoms with Gasteiger partial charge < -0.3 is 19.2 Å². The lowest BCUT2D eigenvalue weighted by Gasteiger charge is -2.11. The largest absolute Gasteiger partial charge is 0.497 e. The van der Waals surface area contributed by atoms with Crippen molar-refractivity contribution in [3.05, 3.63) is 58.9 Å². The average molecular weight is 474 g/mol. The molecule has 164 valence electrons. The molecule has 0 aliphatic heterocycles. The maximum absolute atomic E-state index is 12.8. The Labute approximate surface area is 183 Å². The Hall–Kier alpha value is -2.92. The fourth-order valence-electron chi connectivity index (χ4n) is 2.30. The van der Waals surface area contributed by atoms with Crippen LogP contribution in [0.15, 0.2) is 52.1 Å². The van der Waals surface area contributed by atoms with Gasteiger partial charge in [0.25, 0.3) is 11.1 Å². The molecule has 0 saturated carbocycles. The molecule has 3 aromatic rings. The second-order valence-electron chi connectivity index (χ2n) is 5.96. The van der Waals surface area contributed by atoms with Crippen molar-refractivity contribution in [3.8, 4) is 11.5 Å². The molecule has 0 aliphatic carbocycles. The van der Waals surface area contributed by atoms with Gasteiger partial charge in [0, 0.05) is 6.07 Å². The summed E-state index contributed by atoms with van der Waals surface area (Å²) in [7, 11) is 1.54. The van der Waals surface area contributed by atoms with Crippen molar-refractivity contribution in [2.24, 2.45) is 0 Å². The van der Waals surface area contributed by atoms with Gasteiger partial charge in [-0.05, 0) is 30.3 Å². The van der Waals surface area contributed by atoms with Crippen LogP contribution in [0.4, 0.5) is 18.9 Å². The number of alkyl halides is 3. The number of aromatic nitrogens is 2. The Balaban J connectivity index is 1.52. The summed E-state index contributed by atoms with van der Waals surface area (Å²) in [4.78, 5) is 12.1. The Morgan fingerprint density at radius 1 is 1.19 bits per heavy atom. The van der Waals surface area contributed by atoms with E-state index in [1.54, 1.807) is 24.3 Å². The number of amides is 1. The molecule has 31 heavy (non-hydrogen) atoms. The first-order valence-electron chi connectivity index (χ1n) is 8.63. The van der Waals surface area contributed by atoms with Gasteiger partial charge in [-0.25, -0.2) is 0 Å². The number of hydrogen-bond donors (Lipinski definition) is 1. The molecule has 0 fully saturated rings. The minimum Gasteiger partial charge on any atom is -0.497 e. The number of methoxy groups -OCH3 is 1. The number of hydrogen-bond acceptors (Lipinski definition) is 7. The Kier molecular flexibility index (Phi) is 7.29. The molecule has 0 atom stereocenters. The molecular weight excluding hydrogens is 459 g/mol. The number of nitrogens with one attached hydrogen (secondary N) is 1. The van der Waals surface area contributed by atoms with Gasteiger partial charge >= 0.3 is 6.18 Å². The molecule has 3 rings (SSSR count). The van der Waals surface area contributed by atoms with Gasteiger partial charge in [0.1, 0.15) is 11.5 Å². The molecule has 1 aromatic heterocycles. The van der Waals surface area contributed by atoms with Gasteiger partial charge in [-0.2, -0.15) is 13.2 Å². The smallest absolute Gasteiger partial charge is 0.416 e. The zero-order valence-corrected chi connectivity index (χ0v) is 17.5. The second-order valence-corrected chi connectivity index (χ2v) is 7.29. The van der Waals surface area contributed by atoms with Gasteiger partial charge in [0.15, 0.2) is 6.61 Å². The molecular formula is C19H15ClF3N3O4S. The van der Waals surface area contributed by atoms with Crippen LogP contribution in [0, 0.1) is 0 Å². The predicted molar refractivity (Wildman–Crippen MR) is 107 cm³/mol. The van der Waals surface area contributed by atoms with Crippen molar-refractivity contribution in [1.29, 1.82) is 0 Å². The molecule has 7 nitrogen and oxygen atoms in total. The highest BCUT2D eigenvalue weighted by Gasteiger charge is 2.31. The van der Waals surface area contributed by atoms with Crippen LogP contribution in [0.3, 0.4) is 0 Å². The third-order valence-corrected chi connectivity index (χ3v) is 4.89. The van der Waals surface area contributed by atoms with E-state index in [1.165, 1.54) is 7.11 Å². The van der Waals surface area contributed by atoms with Crippen LogP contribution in [-0.2, 0) is 17.6 Å². The van der Waals surface area contributed by atoms with Crippen LogP contribution in [0.1, 0.15) is 11.5 Å². The summed E-state index contributed by atoms with van der Waals surface area (Å²) < 4.78 is 54.5. The molecule has 1 heterocycles. The van der Waals surface area contributed by atoms with Crippen molar-refractivity contribution in [2.75, 3.05) is 18.2 Å². The highest BCUT2D eigenvalue weighted by atomic mass is 35.5. The van der Waals surface area contributed by atoms with Crippen LogP contribution >= 0.6 is 23.4 Å². The molecule has 1 amide bonds. The van der Waals surface area contributed by atoms with E-state index in [0.717, 1.165) is 30.0 Å². The van der Waals surface area contributed by atoms with E-state index in [9.17, 15) is 18.0 Å². The molecule has 2 aromatic carbocycles. The summed E-state index contributed by atoms with van der Waals surface area (Å²) in [6.07, 6.45) is -4.55. The molecule has 0 spiro atoms. The normalized spacial score (nSPS) is 11.3. The van der Waals surface area contributed by atoms with Crippen LogP contribution in [0.2, 0.25) is 5.02 Å². The zero-order chi connectivity index (χ0) is 22.4. The number of benzene rings is 2. The van der Waals surface area contributed by atoms with E-state index in [0.29, 0.717) is 11.5 Å². The number of nitrogens with zero attached hydrogens (tertiary/aromatic N) is 2. The summed E-state index contributed by atoms with van der Waals surface area (Å²) in [6, 6.07) is 9.63. The van der Waals surface area contributed by atoms with Gasteiger partial charge in [0.2, 0.25) is 5.91 Å². The molecule has 0 radical (unpaired) electrons. The van der Waals surface area contributed by atoms with E-state index in [-0.39, 0.29) is 34.2 Å². The summed E-state index contributed by atoms with van der Waals surface area (Å²) in [5.41, 5.74) is -1.06. The quantitative estimate of drug-likeness (QED) is 0.457. The van der Waals surface area contributed by atoms with Crippen LogP contribution in [0.25, 0.3) is 0 Å². The first-order chi connectivity index (χ1) is 14.7. The first-order valence-corrected chi connectivity index (χ1v) is 9.99. The van der Waals surface area contributed by atoms with Gasteiger partial charge in [-0.1, -0.05) is 29.4 Å². The SMILES string of the molecule is COc1cccc(OCc2nnc(SCC(=O)Nc3cc(C(F)(F)F)ccc3Cl)o2)c1. The maximum atomic E-state index is 12.8. The lowest BCUT2D eigenvalue weighted by atomic mass is 10.2. The number of thioether (sulfide) groups is 1. The number of ether oxygens (including phenoxy) is 2. The third-order valence-electron chi connectivity index (χ3n) is 3.75. The number of halogens is 4. The van der Waals surface area contributed by atoms with Crippen molar-refractivity contribution < 1.29 is 31.9 Å². The summed E-state index contributed by atoms with van der Waals surface area (Å²) in [5, 5.41) is 10.0. The number of anilines is 1. The topological polar surface area (TPSA) is 86.5 Å². The van der Waals surface area contributed by atoms with Gasteiger partial charge in [-0.15, -0.1) is 10.2 Å². The average Bonchev–Trinajstić information content (AvgIpc) is 3.19. The third kappa shape index (κ3) is 6.53. The number of carbonyl (C=O) groups excluding carboxylic acids is 1. The lowest BCUT2D eigenvalue weighted by Crippen LogP contribution is -2.15. The van der Waals surface area contributed by atoms with Gasteiger partial charge in [-0.3, -0.25) is 4.79 Å². The summed E-state index contributed by atoms with van der Waals surface area (Å²) in [5.74, 6) is 0.603. The Morgan fingerprint density at radius 3 is 2.71 bits per heavy atom. The van der Waals surface area contributed by atoms with Crippen molar-refractivity contribution in [3.63, 3.8) is 0 Å². The molecule has 0 saturated heterocycles. The van der Waals surface area contributed by atoms with Crippen molar-refractivity contribution >= 4 is 35.0 Å². The number of carbonyl (C=O) groups is 1. The molecule has 12 heteroatoms. The molecule has 0 unspecified atom stereocenters.